The first-order valence-corrected chi connectivity index (χ1v) is 4.98. The first-order valence-electron chi connectivity index (χ1n) is 4.60. The molecular formula is C11H11ClN2O. The van der Waals surface area contributed by atoms with Gasteiger partial charge in [-0.1, -0.05) is 17.7 Å². The summed E-state index contributed by atoms with van der Waals surface area (Å²) in [5.74, 6) is 0. The molecule has 3 nitrogen and oxygen atoms in total. The van der Waals surface area contributed by atoms with Crippen molar-refractivity contribution in [2.24, 2.45) is 7.05 Å². The molecule has 0 unspecified atom stereocenters. The Kier molecular flexibility index (Phi) is 2.75. The number of hydrogen-bond donors (Lipinski definition) is 1. The van der Waals surface area contributed by atoms with Crippen LogP contribution in [0.15, 0.2) is 30.5 Å². The highest BCUT2D eigenvalue weighted by Gasteiger charge is 2.05. The molecule has 0 aliphatic carbocycles. The maximum absolute atomic E-state index is 9.10. The van der Waals surface area contributed by atoms with Crippen LogP contribution in [0.1, 0.15) is 5.56 Å². The van der Waals surface area contributed by atoms with Crippen molar-refractivity contribution in [2.45, 2.75) is 6.61 Å². The number of halogens is 1. The lowest BCUT2D eigenvalue weighted by molar-refractivity contribution is 0.282. The Morgan fingerprint density at radius 2 is 2.20 bits per heavy atom. The van der Waals surface area contributed by atoms with E-state index in [1.165, 1.54) is 0 Å². The zero-order valence-corrected chi connectivity index (χ0v) is 9.07. The van der Waals surface area contributed by atoms with Crippen molar-refractivity contribution in [1.29, 1.82) is 0 Å². The third kappa shape index (κ3) is 1.89. The van der Waals surface area contributed by atoms with Crippen LogP contribution in [0, 0.1) is 0 Å². The highest BCUT2D eigenvalue weighted by molar-refractivity contribution is 6.31. The monoisotopic (exact) mass is 222 g/mol. The van der Waals surface area contributed by atoms with E-state index in [2.05, 4.69) is 5.10 Å². The van der Waals surface area contributed by atoms with E-state index < -0.39 is 0 Å². The van der Waals surface area contributed by atoms with Crippen molar-refractivity contribution < 1.29 is 5.11 Å². The smallest absolute Gasteiger partial charge is 0.0696 e. The first kappa shape index (κ1) is 10.2. The highest BCUT2D eigenvalue weighted by atomic mass is 35.5. The van der Waals surface area contributed by atoms with Crippen molar-refractivity contribution in [3.8, 4) is 11.3 Å². The molecule has 1 aromatic heterocycles. The van der Waals surface area contributed by atoms with E-state index in [0.29, 0.717) is 5.02 Å². The number of aliphatic hydroxyl groups excluding tert-OH is 1. The molecule has 0 spiro atoms. The normalized spacial score (nSPS) is 10.6. The van der Waals surface area contributed by atoms with E-state index in [1.54, 1.807) is 16.9 Å². The summed E-state index contributed by atoms with van der Waals surface area (Å²) < 4.78 is 1.78. The van der Waals surface area contributed by atoms with Gasteiger partial charge in [-0.2, -0.15) is 5.10 Å². The number of rotatable bonds is 2. The minimum absolute atomic E-state index is 0.0511. The lowest BCUT2D eigenvalue weighted by atomic mass is 10.1. The molecule has 2 aromatic rings. The second-order valence-corrected chi connectivity index (χ2v) is 3.71. The molecule has 78 valence electrons. The van der Waals surface area contributed by atoms with Crippen LogP contribution >= 0.6 is 11.6 Å². The van der Waals surface area contributed by atoms with Gasteiger partial charge in [0, 0.05) is 23.8 Å². The number of benzene rings is 1. The van der Waals surface area contributed by atoms with E-state index in [4.69, 9.17) is 16.7 Å². The summed E-state index contributed by atoms with van der Waals surface area (Å²) >= 11 is 5.92. The second-order valence-electron chi connectivity index (χ2n) is 3.30. The highest BCUT2D eigenvalue weighted by Crippen LogP contribution is 2.24. The van der Waals surface area contributed by atoms with Crippen LogP contribution in [0.4, 0.5) is 0 Å². The van der Waals surface area contributed by atoms with Gasteiger partial charge in [0.1, 0.15) is 0 Å². The Hall–Kier alpha value is -1.32. The Labute approximate surface area is 92.9 Å². The van der Waals surface area contributed by atoms with Crippen LogP contribution in [0.25, 0.3) is 11.3 Å². The van der Waals surface area contributed by atoms with Gasteiger partial charge in [-0.25, -0.2) is 0 Å². The fourth-order valence-corrected chi connectivity index (χ4v) is 1.69. The molecule has 15 heavy (non-hydrogen) atoms. The fourth-order valence-electron chi connectivity index (χ4n) is 1.51. The zero-order valence-electron chi connectivity index (χ0n) is 8.31. The summed E-state index contributed by atoms with van der Waals surface area (Å²) in [5.41, 5.74) is 2.74. The molecule has 0 fully saturated rings. The third-order valence-corrected chi connectivity index (χ3v) is 2.70. The summed E-state index contributed by atoms with van der Waals surface area (Å²) in [4.78, 5) is 0. The van der Waals surface area contributed by atoms with Crippen molar-refractivity contribution in [3.05, 3.63) is 41.0 Å². The average molecular weight is 223 g/mol. The molecule has 4 heteroatoms. The van der Waals surface area contributed by atoms with Crippen molar-refractivity contribution in [2.75, 3.05) is 0 Å². The molecule has 1 aromatic carbocycles. The largest absolute Gasteiger partial charge is 0.392 e. The molecule has 2 rings (SSSR count). The van der Waals surface area contributed by atoms with Gasteiger partial charge in [-0.3, -0.25) is 4.68 Å². The number of nitrogens with zero attached hydrogens (tertiary/aromatic N) is 2. The molecule has 0 saturated carbocycles. The fraction of sp³-hybridized carbons (Fsp3) is 0.182. The summed E-state index contributed by atoms with van der Waals surface area (Å²) in [6.45, 7) is -0.0511. The molecule has 0 aliphatic rings. The summed E-state index contributed by atoms with van der Waals surface area (Å²) in [7, 11) is 1.88. The van der Waals surface area contributed by atoms with Gasteiger partial charge in [0.2, 0.25) is 0 Å². The van der Waals surface area contributed by atoms with Crippen LogP contribution in [0.3, 0.4) is 0 Å². The maximum Gasteiger partial charge on any atom is 0.0696 e. The quantitative estimate of drug-likeness (QED) is 0.846. The molecule has 0 aliphatic heterocycles. The topological polar surface area (TPSA) is 38.0 Å². The third-order valence-electron chi connectivity index (χ3n) is 2.33. The van der Waals surface area contributed by atoms with E-state index in [0.717, 1.165) is 16.8 Å². The molecule has 1 heterocycles. The SMILES string of the molecule is Cn1nccc1-c1ccc(Cl)c(CO)c1. The van der Waals surface area contributed by atoms with Gasteiger partial charge in [-0.15, -0.1) is 0 Å². The van der Waals surface area contributed by atoms with Gasteiger partial charge in [0.05, 0.1) is 12.3 Å². The first-order chi connectivity index (χ1) is 7.22. The van der Waals surface area contributed by atoms with Crippen LogP contribution in [0.5, 0.6) is 0 Å². The van der Waals surface area contributed by atoms with Crippen LogP contribution in [-0.2, 0) is 13.7 Å². The van der Waals surface area contributed by atoms with E-state index in [-0.39, 0.29) is 6.61 Å². The summed E-state index contributed by atoms with van der Waals surface area (Å²) in [5, 5.41) is 13.8. The molecule has 0 amide bonds. The van der Waals surface area contributed by atoms with Gasteiger partial charge >= 0.3 is 0 Å². The Balaban J connectivity index is 2.51. The van der Waals surface area contributed by atoms with Crippen molar-refractivity contribution in [1.82, 2.24) is 9.78 Å². The molecule has 1 N–H and O–H groups in total. The standard InChI is InChI=1S/C11H11ClN2O/c1-14-11(4-5-13-14)8-2-3-10(12)9(6-8)7-15/h2-6,15H,7H2,1H3. The Bertz CT molecular complexity index is 479. The maximum atomic E-state index is 9.10. The molecule has 0 radical (unpaired) electrons. The van der Waals surface area contributed by atoms with Crippen LogP contribution in [-0.4, -0.2) is 14.9 Å². The Morgan fingerprint density at radius 3 is 2.80 bits per heavy atom. The number of hydrogen-bond acceptors (Lipinski definition) is 2. The van der Waals surface area contributed by atoms with E-state index in [1.807, 2.05) is 25.2 Å². The van der Waals surface area contributed by atoms with Gasteiger partial charge in [-0.05, 0) is 23.8 Å². The predicted molar refractivity (Wildman–Crippen MR) is 59.6 cm³/mol. The summed E-state index contributed by atoms with van der Waals surface area (Å²) in [6.07, 6.45) is 1.74. The second kappa shape index (κ2) is 4.04. The molecule has 0 saturated heterocycles. The number of aliphatic hydroxyl groups is 1. The van der Waals surface area contributed by atoms with Crippen molar-refractivity contribution in [3.63, 3.8) is 0 Å². The van der Waals surface area contributed by atoms with Gasteiger partial charge in [0.15, 0.2) is 0 Å². The lowest BCUT2D eigenvalue weighted by Gasteiger charge is -2.05. The van der Waals surface area contributed by atoms with E-state index >= 15 is 0 Å². The van der Waals surface area contributed by atoms with Crippen molar-refractivity contribution >= 4 is 11.6 Å². The minimum Gasteiger partial charge on any atom is -0.392 e. The molecule has 0 bridgehead atoms. The molecule has 0 atom stereocenters. The van der Waals surface area contributed by atoms with Crippen LogP contribution < -0.4 is 0 Å². The van der Waals surface area contributed by atoms with Gasteiger partial charge in [0.25, 0.3) is 0 Å². The van der Waals surface area contributed by atoms with Gasteiger partial charge < -0.3 is 5.11 Å². The predicted octanol–water partition coefficient (Wildman–Crippen LogP) is 2.23. The zero-order chi connectivity index (χ0) is 10.8. The Morgan fingerprint density at radius 1 is 1.40 bits per heavy atom. The molecular weight excluding hydrogens is 212 g/mol. The lowest BCUT2D eigenvalue weighted by Crippen LogP contribution is -1.94. The number of aryl methyl sites for hydroxylation is 1. The average Bonchev–Trinajstić information content (AvgIpc) is 2.65. The number of aromatic nitrogens is 2. The summed E-state index contributed by atoms with van der Waals surface area (Å²) in [6, 6.07) is 7.50. The van der Waals surface area contributed by atoms with Crippen LogP contribution in [0.2, 0.25) is 5.02 Å². The van der Waals surface area contributed by atoms with E-state index in [9.17, 15) is 0 Å². The minimum atomic E-state index is -0.0511.